The third kappa shape index (κ3) is 5.82. The molecule has 134 valence electrons. The molecule has 1 amide bonds. The first-order chi connectivity index (χ1) is 11.8. The number of hydrogen-bond donors (Lipinski definition) is 2. The first-order valence-electron chi connectivity index (χ1n) is 7.53. The number of aliphatic carboxylic acids is 1. The molecule has 2 aromatic rings. The van der Waals surface area contributed by atoms with Crippen LogP contribution in [0.3, 0.4) is 0 Å². The van der Waals surface area contributed by atoms with Gasteiger partial charge in [-0.2, -0.15) is 8.78 Å². The Hall–Kier alpha value is -2.48. The van der Waals surface area contributed by atoms with Crippen LogP contribution in [0.1, 0.15) is 29.4 Å². The van der Waals surface area contributed by atoms with Gasteiger partial charge >= 0.3 is 12.6 Å². The summed E-state index contributed by atoms with van der Waals surface area (Å²) in [6.07, 6.45) is 0.342. The number of carbonyl (C=O) groups excluding carboxylic acids is 1. The van der Waals surface area contributed by atoms with Gasteiger partial charge in [0.15, 0.2) is 0 Å². The van der Waals surface area contributed by atoms with Gasteiger partial charge in [-0.05, 0) is 55.3 Å². The molecule has 25 heavy (non-hydrogen) atoms. The highest BCUT2D eigenvalue weighted by molar-refractivity contribution is 7.17. The highest BCUT2D eigenvalue weighted by Crippen LogP contribution is 2.29. The van der Waals surface area contributed by atoms with Gasteiger partial charge in [-0.15, -0.1) is 11.3 Å². The lowest BCUT2D eigenvalue weighted by Gasteiger charge is -2.11. The van der Waals surface area contributed by atoms with E-state index in [0.717, 1.165) is 10.4 Å². The largest absolute Gasteiger partial charge is 0.481 e. The van der Waals surface area contributed by atoms with Gasteiger partial charge in [0.2, 0.25) is 0 Å². The Balaban J connectivity index is 1.99. The average Bonchev–Trinajstić information content (AvgIpc) is 3.03. The van der Waals surface area contributed by atoms with Crippen molar-refractivity contribution in [3.05, 3.63) is 41.3 Å². The lowest BCUT2D eigenvalue weighted by atomic mass is 10.2. The second-order valence-corrected chi connectivity index (χ2v) is 6.46. The van der Waals surface area contributed by atoms with Crippen LogP contribution in [0.5, 0.6) is 5.75 Å². The molecule has 2 N–H and O–H groups in total. The maximum Gasteiger partial charge on any atom is 0.387 e. The van der Waals surface area contributed by atoms with Gasteiger partial charge in [-0.25, -0.2) is 0 Å². The zero-order valence-electron chi connectivity index (χ0n) is 13.4. The standard InChI is InChI=1S/C17H17F2NO4S/c1-10(2-9-15(21)22)20-16(23)14-8-7-13(25-14)11-3-5-12(6-4-11)24-17(18)19/h3-8,10,17H,2,9H2,1H3,(H,20,23)(H,21,22). The summed E-state index contributed by atoms with van der Waals surface area (Å²) in [6, 6.07) is 9.35. The first kappa shape index (κ1) is 18.9. The summed E-state index contributed by atoms with van der Waals surface area (Å²) in [7, 11) is 0. The highest BCUT2D eigenvalue weighted by Gasteiger charge is 2.14. The van der Waals surface area contributed by atoms with E-state index in [1.807, 2.05) is 0 Å². The minimum atomic E-state index is -2.87. The summed E-state index contributed by atoms with van der Waals surface area (Å²) in [5, 5.41) is 11.4. The quantitative estimate of drug-likeness (QED) is 0.737. The molecule has 0 radical (unpaired) electrons. The number of amides is 1. The van der Waals surface area contributed by atoms with E-state index in [4.69, 9.17) is 5.11 Å². The van der Waals surface area contributed by atoms with E-state index in [1.54, 1.807) is 31.2 Å². The van der Waals surface area contributed by atoms with Crippen molar-refractivity contribution in [1.29, 1.82) is 0 Å². The van der Waals surface area contributed by atoms with Crippen molar-refractivity contribution < 1.29 is 28.2 Å². The van der Waals surface area contributed by atoms with Crippen molar-refractivity contribution in [3.63, 3.8) is 0 Å². The smallest absolute Gasteiger partial charge is 0.387 e. The van der Waals surface area contributed by atoms with Gasteiger partial charge in [0.25, 0.3) is 5.91 Å². The van der Waals surface area contributed by atoms with E-state index < -0.39 is 12.6 Å². The monoisotopic (exact) mass is 369 g/mol. The minimum absolute atomic E-state index is 0.00975. The number of halogens is 2. The fourth-order valence-electron chi connectivity index (χ4n) is 2.12. The average molecular weight is 369 g/mol. The van der Waals surface area contributed by atoms with Crippen LogP contribution in [0.4, 0.5) is 8.78 Å². The summed E-state index contributed by atoms with van der Waals surface area (Å²) in [6.45, 7) is -1.12. The molecule has 8 heteroatoms. The van der Waals surface area contributed by atoms with Crippen LogP contribution in [-0.4, -0.2) is 29.6 Å². The van der Waals surface area contributed by atoms with Gasteiger partial charge in [-0.1, -0.05) is 0 Å². The normalized spacial score (nSPS) is 12.0. The van der Waals surface area contributed by atoms with Crippen molar-refractivity contribution >= 4 is 23.2 Å². The molecule has 0 saturated heterocycles. The number of nitrogens with one attached hydrogen (secondary N) is 1. The topological polar surface area (TPSA) is 75.6 Å². The molecular formula is C17H17F2NO4S. The molecule has 0 bridgehead atoms. The van der Waals surface area contributed by atoms with Gasteiger partial charge in [0.05, 0.1) is 4.88 Å². The van der Waals surface area contributed by atoms with Gasteiger partial charge in [0.1, 0.15) is 5.75 Å². The Morgan fingerprint density at radius 2 is 1.88 bits per heavy atom. The number of rotatable bonds is 8. The van der Waals surface area contributed by atoms with Crippen molar-refractivity contribution in [2.45, 2.75) is 32.4 Å². The molecule has 1 unspecified atom stereocenters. The fourth-order valence-corrected chi connectivity index (χ4v) is 3.04. The molecule has 1 aromatic carbocycles. The third-order valence-electron chi connectivity index (χ3n) is 3.36. The Morgan fingerprint density at radius 3 is 2.48 bits per heavy atom. The van der Waals surface area contributed by atoms with Crippen molar-refractivity contribution in [2.75, 3.05) is 0 Å². The van der Waals surface area contributed by atoms with Gasteiger partial charge < -0.3 is 15.2 Å². The summed E-state index contributed by atoms with van der Waals surface area (Å²) >= 11 is 1.26. The number of carboxylic acids is 1. The number of benzene rings is 1. The number of ether oxygens (including phenoxy) is 1. The van der Waals surface area contributed by atoms with Crippen molar-refractivity contribution in [1.82, 2.24) is 5.32 Å². The molecule has 1 aromatic heterocycles. The SMILES string of the molecule is CC(CCC(=O)O)NC(=O)c1ccc(-c2ccc(OC(F)F)cc2)s1. The predicted molar refractivity (Wildman–Crippen MR) is 90.2 cm³/mol. The third-order valence-corrected chi connectivity index (χ3v) is 4.50. The Labute approximate surface area is 147 Å². The highest BCUT2D eigenvalue weighted by atomic mass is 32.1. The van der Waals surface area contributed by atoms with E-state index in [9.17, 15) is 18.4 Å². The molecular weight excluding hydrogens is 352 g/mol. The number of alkyl halides is 2. The van der Waals surface area contributed by atoms with Gasteiger partial charge in [0, 0.05) is 17.3 Å². The summed E-state index contributed by atoms with van der Waals surface area (Å²) in [5.41, 5.74) is 0.782. The van der Waals surface area contributed by atoms with Crippen molar-refractivity contribution in [3.8, 4) is 16.2 Å². The Morgan fingerprint density at radius 1 is 1.20 bits per heavy atom. The molecule has 0 aliphatic rings. The molecule has 0 spiro atoms. The second-order valence-electron chi connectivity index (χ2n) is 5.37. The van der Waals surface area contributed by atoms with E-state index in [-0.39, 0.29) is 24.1 Å². The summed E-state index contributed by atoms with van der Waals surface area (Å²) in [5.74, 6) is -1.11. The van der Waals surface area contributed by atoms with Crippen LogP contribution >= 0.6 is 11.3 Å². The zero-order valence-corrected chi connectivity index (χ0v) is 14.2. The Bertz CT molecular complexity index is 731. The number of carboxylic acid groups (broad SMARTS) is 1. The van der Waals surface area contributed by atoms with E-state index in [0.29, 0.717) is 11.3 Å². The van der Waals surface area contributed by atoms with Gasteiger partial charge in [-0.3, -0.25) is 9.59 Å². The number of hydrogen-bond acceptors (Lipinski definition) is 4. The fraction of sp³-hybridized carbons (Fsp3) is 0.294. The predicted octanol–water partition coefficient (Wildman–Crippen LogP) is 4.00. The lowest BCUT2D eigenvalue weighted by molar-refractivity contribution is -0.137. The van der Waals surface area contributed by atoms with Crippen LogP contribution in [0.25, 0.3) is 10.4 Å². The molecule has 1 atom stereocenters. The van der Waals surface area contributed by atoms with E-state index in [2.05, 4.69) is 10.1 Å². The van der Waals surface area contributed by atoms with E-state index >= 15 is 0 Å². The summed E-state index contributed by atoms with van der Waals surface area (Å²) < 4.78 is 28.6. The minimum Gasteiger partial charge on any atom is -0.481 e. The zero-order chi connectivity index (χ0) is 18.4. The molecule has 0 saturated carbocycles. The van der Waals surface area contributed by atoms with Crippen LogP contribution < -0.4 is 10.1 Å². The van der Waals surface area contributed by atoms with E-state index in [1.165, 1.54) is 23.5 Å². The molecule has 5 nitrogen and oxygen atoms in total. The lowest BCUT2D eigenvalue weighted by Crippen LogP contribution is -2.32. The second kappa shape index (κ2) is 8.57. The van der Waals surface area contributed by atoms with Crippen LogP contribution in [0.2, 0.25) is 0 Å². The first-order valence-corrected chi connectivity index (χ1v) is 8.34. The van der Waals surface area contributed by atoms with Crippen LogP contribution in [0, 0.1) is 0 Å². The maximum absolute atomic E-state index is 12.2. The Kier molecular flexibility index (Phi) is 6.46. The summed E-state index contributed by atoms with van der Waals surface area (Å²) in [4.78, 5) is 24.0. The number of carbonyl (C=O) groups is 2. The molecule has 0 aliphatic carbocycles. The molecule has 1 heterocycles. The molecule has 0 aliphatic heterocycles. The number of thiophene rings is 1. The van der Waals surface area contributed by atoms with Crippen molar-refractivity contribution in [2.24, 2.45) is 0 Å². The molecule has 2 rings (SSSR count). The van der Waals surface area contributed by atoms with Crippen LogP contribution in [0.15, 0.2) is 36.4 Å². The maximum atomic E-state index is 12.2. The van der Waals surface area contributed by atoms with Crippen LogP contribution in [-0.2, 0) is 4.79 Å². The molecule has 0 fully saturated rings.